The number of halogens is 2. The molecule has 0 N–H and O–H groups in total. The summed E-state index contributed by atoms with van der Waals surface area (Å²) in [6, 6.07) is 11.6. The minimum Gasteiger partial charge on any atom is -0.496 e. The Labute approximate surface area is 122 Å². The molecule has 0 radical (unpaired) electrons. The molecule has 0 saturated carbocycles. The van der Waals surface area contributed by atoms with Gasteiger partial charge in [-0.05, 0) is 36.2 Å². The molecule has 0 bridgehead atoms. The van der Waals surface area contributed by atoms with Gasteiger partial charge >= 0.3 is 0 Å². The molecule has 0 amide bonds. The number of carbonyl (C=O) groups excluding carboxylic acids is 1. The van der Waals surface area contributed by atoms with E-state index in [-0.39, 0.29) is 10.8 Å². The van der Waals surface area contributed by atoms with Crippen molar-refractivity contribution in [2.24, 2.45) is 0 Å². The summed E-state index contributed by atoms with van der Waals surface area (Å²) in [6.45, 7) is 0. The fourth-order valence-corrected chi connectivity index (χ4v) is 2.09. The van der Waals surface area contributed by atoms with E-state index in [9.17, 15) is 9.18 Å². The molecule has 0 fully saturated rings. The number of Topliss-reactive ketones (excluding diaryl/α,β-unsaturated/α-hetero) is 1. The van der Waals surface area contributed by atoms with Crippen molar-refractivity contribution < 1.29 is 13.9 Å². The quantitative estimate of drug-likeness (QED) is 0.768. The Morgan fingerprint density at radius 2 is 2.00 bits per heavy atom. The first kappa shape index (κ1) is 14.5. The predicted molar refractivity (Wildman–Crippen MR) is 77.1 cm³/mol. The first-order valence-electron chi connectivity index (χ1n) is 6.22. The third-order valence-electron chi connectivity index (χ3n) is 3.06. The predicted octanol–water partition coefficient (Wildman–Crippen LogP) is 4.30. The maximum atomic E-state index is 13.3. The molecule has 0 aromatic heterocycles. The van der Waals surface area contributed by atoms with Gasteiger partial charge in [-0.15, -0.1) is 0 Å². The number of methoxy groups -OCH3 is 1. The van der Waals surface area contributed by atoms with Gasteiger partial charge in [-0.3, -0.25) is 4.79 Å². The van der Waals surface area contributed by atoms with E-state index in [4.69, 9.17) is 16.3 Å². The molecule has 0 heterocycles. The number of hydrogen-bond acceptors (Lipinski definition) is 2. The van der Waals surface area contributed by atoms with Crippen LogP contribution >= 0.6 is 11.6 Å². The second-order valence-corrected chi connectivity index (χ2v) is 4.77. The van der Waals surface area contributed by atoms with E-state index in [2.05, 4.69) is 0 Å². The number of para-hydroxylation sites is 1. The molecule has 104 valence electrons. The summed E-state index contributed by atoms with van der Waals surface area (Å²) in [7, 11) is 1.59. The maximum Gasteiger partial charge on any atom is 0.163 e. The van der Waals surface area contributed by atoms with E-state index in [1.54, 1.807) is 7.11 Å². The maximum absolute atomic E-state index is 13.3. The lowest BCUT2D eigenvalue weighted by Crippen LogP contribution is -2.03. The number of hydrogen-bond donors (Lipinski definition) is 0. The van der Waals surface area contributed by atoms with Crippen molar-refractivity contribution in [3.8, 4) is 5.75 Å². The number of benzene rings is 2. The summed E-state index contributed by atoms with van der Waals surface area (Å²) < 4.78 is 18.5. The smallest absolute Gasteiger partial charge is 0.163 e. The van der Waals surface area contributed by atoms with Gasteiger partial charge in [0.2, 0.25) is 0 Å². The highest BCUT2D eigenvalue weighted by molar-refractivity contribution is 6.30. The molecule has 2 aromatic rings. The van der Waals surface area contributed by atoms with Crippen LogP contribution in [0.3, 0.4) is 0 Å². The van der Waals surface area contributed by atoms with E-state index in [0.717, 1.165) is 11.3 Å². The topological polar surface area (TPSA) is 26.3 Å². The first-order chi connectivity index (χ1) is 9.61. The Kier molecular flexibility index (Phi) is 4.74. The van der Waals surface area contributed by atoms with Crippen molar-refractivity contribution in [2.75, 3.05) is 7.11 Å². The van der Waals surface area contributed by atoms with Gasteiger partial charge in [0.1, 0.15) is 11.6 Å². The lowest BCUT2D eigenvalue weighted by Gasteiger charge is -2.07. The number of ketones is 1. The Morgan fingerprint density at radius 1 is 1.25 bits per heavy atom. The van der Waals surface area contributed by atoms with E-state index in [1.165, 1.54) is 18.2 Å². The average Bonchev–Trinajstić information content (AvgIpc) is 2.47. The number of aryl methyl sites for hydroxylation is 1. The van der Waals surface area contributed by atoms with Crippen LogP contribution in [0.2, 0.25) is 5.02 Å². The summed E-state index contributed by atoms with van der Waals surface area (Å²) in [4.78, 5) is 12.0. The largest absolute Gasteiger partial charge is 0.496 e. The third kappa shape index (κ3) is 3.36. The van der Waals surface area contributed by atoms with Crippen LogP contribution in [-0.4, -0.2) is 12.9 Å². The summed E-state index contributed by atoms with van der Waals surface area (Å²) in [6.07, 6.45) is 0.842. The minimum absolute atomic E-state index is 0.0197. The first-order valence-corrected chi connectivity index (χ1v) is 6.59. The van der Waals surface area contributed by atoms with Crippen molar-refractivity contribution in [1.82, 2.24) is 0 Å². The molecule has 0 aliphatic heterocycles. The number of carbonyl (C=O) groups is 1. The van der Waals surface area contributed by atoms with Crippen molar-refractivity contribution in [3.05, 3.63) is 64.4 Å². The van der Waals surface area contributed by atoms with E-state index >= 15 is 0 Å². The summed E-state index contributed by atoms with van der Waals surface area (Å²) in [5.74, 6) is 0.0591. The van der Waals surface area contributed by atoms with Crippen molar-refractivity contribution in [2.45, 2.75) is 12.8 Å². The van der Waals surface area contributed by atoms with Crippen LogP contribution in [0.15, 0.2) is 42.5 Å². The second kappa shape index (κ2) is 6.53. The molecule has 4 heteroatoms. The van der Waals surface area contributed by atoms with Crippen LogP contribution in [0.5, 0.6) is 5.75 Å². The molecule has 0 aliphatic carbocycles. The van der Waals surface area contributed by atoms with E-state index in [1.807, 2.05) is 24.3 Å². The standard InChI is InChI=1S/C16H14ClFO2/c1-20-16-5-3-2-4-11(16)7-9-15(19)12-6-8-13(17)14(18)10-12/h2-6,8,10H,7,9H2,1H3. The van der Waals surface area contributed by atoms with Gasteiger partial charge in [0.05, 0.1) is 12.1 Å². The highest BCUT2D eigenvalue weighted by atomic mass is 35.5. The highest BCUT2D eigenvalue weighted by Crippen LogP contribution is 2.21. The molecule has 20 heavy (non-hydrogen) atoms. The van der Waals surface area contributed by atoms with Crippen molar-refractivity contribution in [1.29, 1.82) is 0 Å². The summed E-state index contributed by atoms with van der Waals surface area (Å²) in [5.41, 5.74) is 1.29. The van der Waals surface area contributed by atoms with Crippen LogP contribution < -0.4 is 4.74 Å². The lowest BCUT2D eigenvalue weighted by molar-refractivity contribution is 0.0982. The summed E-state index contributed by atoms with van der Waals surface area (Å²) in [5, 5.41) is 0.0197. The van der Waals surface area contributed by atoms with Crippen LogP contribution in [0.4, 0.5) is 4.39 Å². The van der Waals surface area contributed by atoms with E-state index in [0.29, 0.717) is 18.4 Å². The molecular formula is C16H14ClFO2. The summed E-state index contributed by atoms with van der Waals surface area (Å²) >= 11 is 5.60. The highest BCUT2D eigenvalue weighted by Gasteiger charge is 2.10. The van der Waals surface area contributed by atoms with Crippen molar-refractivity contribution >= 4 is 17.4 Å². The molecule has 0 atom stereocenters. The molecule has 0 aliphatic rings. The second-order valence-electron chi connectivity index (χ2n) is 4.36. The zero-order valence-corrected chi connectivity index (χ0v) is 11.8. The minimum atomic E-state index is -0.574. The lowest BCUT2D eigenvalue weighted by atomic mass is 10.0. The molecule has 0 spiro atoms. The zero-order chi connectivity index (χ0) is 14.5. The Bertz CT molecular complexity index is 626. The van der Waals surface area contributed by atoms with Gasteiger partial charge in [-0.2, -0.15) is 0 Å². The molecular weight excluding hydrogens is 279 g/mol. The number of ether oxygens (including phenoxy) is 1. The van der Waals surface area contributed by atoms with Crippen LogP contribution in [0.25, 0.3) is 0 Å². The monoisotopic (exact) mass is 292 g/mol. The van der Waals surface area contributed by atoms with Gasteiger partial charge in [0, 0.05) is 12.0 Å². The van der Waals surface area contributed by atoms with Crippen molar-refractivity contribution in [3.63, 3.8) is 0 Å². The molecule has 2 aromatic carbocycles. The van der Waals surface area contributed by atoms with Gasteiger partial charge in [-0.25, -0.2) is 4.39 Å². The van der Waals surface area contributed by atoms with Gasteiger partial charge in [0.15, 0.2) is 5.78 Å². The number of rotatable bonds is 5. The Hall–Kier alpha value is -1.87. The SMILES string of the molecule is COc1ccccc1CCC(=O)c1ccc(Cl)c(F)c1. The van der Waals surface area contributed by atoms with Gasteiger partial charge in [0.25, 0.3) is 0 Å². The Morgan fingerprint density at radius 3 is 2.70 bits per heavy atom. The van der Waals surface area contributed by atoms with E-state index < -0.39 is 5.82 Å². The fraction of sp³-hybridized carbons (Fsp3) is 0.188. The third-order valence-corrected chi connectivity index (χ3v) is 3.36. The molecule has 0 unspecified atom stereocenters. The van der Waals surface area contributed by atoms with Crippen LogP contribution in [0.1, 0.15) is 22.3 Å². The fourth-order valence-electron chi connectivity index (χ4n) is 1.97. The molecule has 2 nitrogen and oxygen atoms in total. The normalized spacial score (nSPS) is 10.3. The van der Waals surface area contributed by atoms with Gasteiger partial charge in [-0.1, -0.05) is 29.8 Å². The molecule has 2 rings (SSSR count). The van der Waals surface area contributed by atoms with Crippen LogP contribution in [0, 0.1) is 5.82 Å². The van der Waals surface area contributed by atoms with Crippen LogP contribution in [-0.2, 0) is 6.42 Å². The molecule has 0 saturated heterocycles. The Balaban J connectivity index is 2.06. The zero-order valence-electron chi connectivity index (χ0n) is 11.0. The van der Waals surface area contributed by atoms with Gasteiger partial charge < -0.3 is 4.74 Å². The average molecular weight is 293 g/mol.